The molecular weight excluding hydrogens is 795 g/mol. The van der Waals surface area contributed by atoms with Gasteiger partial charge in [0, 0.05) is 17.0 Å². The van der Waals surface area contributed by atoms with Crippen molar-refractivity contribution >= 4 is 97.1 Å². The molecule has 0 fully saturated rings. The Kier molecular flexibility index (Phi) is 8.05. The maximum atomic E-state index is 4.84. The van der Waals surface area contributed by atoms with Crippen LogP contribution in [0.4, 0.5) is 0 Å². The number of hydrogen-bond donors (Lipinski definition) is 0. The van der Waals surface area contributed by atoms with E-state index in [2.05, 4.69) is 224 Å². The van der Waals surface area contributed by atoms with Crippen LogP contribution in [0.15, 0.2) is 237 Å². The lowest BCUT2D eigenvalue weighted by Gasteiger charge is -2.21. The van der Waals surface area contributed by atoms with Crippen LogP contribution in [0.25, 0.3) is 142 Å². The summed E-state index contributed by atoms with van der Waals surface area (Å²) >= 11 is 0. The van der Waals surface area contributed by atoms with Crippen LogP contribution in [-0.2, 0) is 0 Å². The maximum absolute atomic E-state index is 4.84. The van der Waals surface area contributed by atoms with E-state index in [9.17, 15) is 0 Å². The van der Waals surface area contributed by atoms with Crippen LogP contribution < -0.4 is 0 Å². The smallest absolute Gasteiger partial charge is 0.0786 e. The first-order chi connectivity index (χ1) is 32.7. The van der Waals surface area contributed by atoms with Crippen molar-refractivity contribution in [2.45, 2.75) is 0 Å². The van der Waals surface area contributed by atoms with Gasteiger partial charge in [-0.1, -0.05) is 188 Å². The highest BCUT2D eigenvalue weighted by Crippen LogP contribution is 2.49. The van der Waals surface area contributed by atoms with Gasteiger partial charge in [-0.25, -0.2) is 0 Å². The summed E-state index contributed by atoms with van der Waals surface area (Å²) in [6.45, 7) is 0. The predicted molar refractivity (Wildman–Crippen MR) is 284 cm³/mol. The zero-order valence-electron chi connectivity index (χ0n) is 36.0. The monoisotopic (exact) mass is 833 g/mol. The molecular formula is C65H39N. The highest BCUT2D eigenvalue weighted by atomic mass is 14.6. The van der Waals surface area contributed by atoms with E-state index in [4.69, 9.17) is 4.98 Å². The zero-order chi connectivity index (χ0) is 43.3. The summed E-state index contributed by atoms with van der Waals surface area (Å²) in [4.78, 5) is 4.84. The van der Waals surface area contributed by atoms with Gasteiger partial charge in [-0.2, -0.15) is 0 Å². The molecule has 0 unspecified atom stereocenters. The maximum Gasteiger partial charge on any atom is 0.0786 e. The quantitative estimate of drug-likeness (QED) is 0.127. The molecule has 1 nitrogen and oxygen atoms in total. The molecule has 0 N–H and O–H groups in total. The van der Waals surface area contributed by atoms with Gasteiger partial charge in [0.2, 0.25) is 0 Å². The van der Waals surface area contributed by atoms with Gasteiger partial charge in [-0.15, -0.1) is 0 Å². The van der Waals surface area contributed by atoms with E-state index in [0.717, 1.165) is 5.52 Å². The summed E-state index contributed by atoms with van der Waals surface area (Å²) in [5, 5.41) is 21.1. The summed E-state index contributed by atoms with van der Waals surface area (Å²) in [6.07, 6.45) is 1.90. The molecule has 66 heavy (non-hydrogen) atoms. The highest BCUT2D eigenvalue weighted by molar-refractivity contribution is 6.29. The largest absolute Gasteiger partial charge is 0.256 e. The minimum atomic E-state index is 1.04. The number of pyridine rings is 1. The Hall–Kier alpha value is -8.65. The van der Waals surface area contributed by atoms with Crippen molar-refractivity contribution in [1.29, 1.82) is 0 Å². The van der Waals surface area contributed by atoms with Gasteiger partial charge in [-0.05, 0) is 168 Å². The van der Waals surface area contributed by atoms with Gasteiger partial charge in [0.25, 0.3) is 0 Å². The van der Waals surface area contributed by atoms with Crippen LogP contribution in [0.3, 0.4) is 0 Å². The molecule has 304 valence electrons. The standard InChI is InChI=1S/C65H39N/c1-4-17-48-44(14-1)38-60(53-22-9-7-20-51(48)53)63-55-24-11-12-25-56(55)64(61-39-45-15-2-5-18-49(45)52-21-8-10-23-54(52)61)62-36-43(31-32-57(62)63)41-27-28-42-35-47(30-29-40(42)34-41)59-37-46-16-3-6-19-50(46)65-58(59)26-13-33-66-65/h1-39H. The molecule has 14 rings (SSSR count). The van der Waals surface area contributed by atoms with Crippen molar-refractivity contribution in [2.75, 3.05) is 0 Å². The number of rotatable bonds is 4. The van der Waals surface area contributed by atoms with Gasteiger partial charge in [0.1, 0.15) is 0 Å². The van der Waals surface area contributed by atoms with Crippen LogP contribution in [-0.4, -0.2) is 4.98 Å². The summed E-state index contributed by atoms with van der Waals surface area (Å²) in [7, 11) is 0. The van der Waals surface area contributed by atoms with Crippen molar-refractivity contribution in [3.05, 3.63) is 237 Å². The molecule has 14 aromatic rings. The second-order valence-electron chi connectivity index (χ2n) is 17.8. The fraction of sp³-hybridized carbons (Fsp3) is 0. The Morgan fingerprint density at radius 2 is 0.621 bits per heavy atom. The summed E-state index contributed by atoms with van der Waals surface area (Å²) in [5.74, 6) is 0. The van der Waals surface area contributed by atoms with E-state index in [1.807, 2.05) is 12.3 Å². The molecule has 0 saturated carbocycles. The third-order valence-electron chi connectivity index (χ3n) is 14.2. The topological polar surface area (TPSA) is 12.9 Å². The summed E-state index contributed by atoms with van der Waals surface area (Å²) < 4.78 is 0. The lowest BCUT2D eigenvalue weighted by atomic mass is 9.81. The summed E-state index contributed by atoms with van der Waals surface area (Å²) in [6, 6.07) is 85.7. The van der Waals surface area contributed by atoms with E-state index in [-0.39, 0.29) is 0 Å². The van der Waals surface area contributed by atoms with Crippen LogP contribution in [0.1, 0.15) is 0 Å². The second kappa shape index (κ2) is 14.4. The van der Waals surface area contributed by atoms with Gasteiger partial charge in [0.15, 0.2) is 0 Å². The van der Waals surface area contributed by atoms with Gasteiger partial charge < -0.3 is 0 Å². The number of benzene rings is 13. The Morgan fingerprint density at radius 1 is 0.212 bits per heavy atom. The first-order valence-electron chi connectivity index (χ1n) is 22.8. The molecule has 0 aliphatic rings. The highest BCUT2D eigenvalue weighted by Gasteiger charge is 2.22. The zero-order valence-corrected chi connectivity index (χ0v) is 36.0. The van der Waals surface area contributed by atoms with Crippen molar-refractivity contribution in [3.63, 3.8) is 0 Å². The minimum absolute atomic E-state index is 1.04. The van der Waals surface area contributed by atoms with E-state index in [1.165, 1.54) is 136 Å². The van der Waals surface area contributed by atoms with E-state index >= 15 is 0 Å². The lowest BCUT2D eigenvalue weighted by molar-refractivity contribution is 1.43. The molecule has 0 saturated heterocycles. The van der Waals surface area contributed by atoms with Crippen LogP contribution in [0, 0.1) is 0 Å². The van der Waals surface area contributed by atoms with Crippen molar-refractivity contribution in [3.8, 4) is 44.5 Å². The number of aromatic nitrogens is 1. The molecule has 0 amide bonds. The Morgan fingerprint density at radius 3 is 1.24 bits per heavy atom. The Labute approximate surface area is 381 Å². The van der Waals surface area contributed by atoms with E-state index in [1.54, 1.807) is 0 Å². The predicted octanol–water partition coefficient (Wildman–Crippen LogP) is 18.1. The van der Waals surface area contributed by atoms with Gasteiger partial charge in [-0.3, -0.25) is 4.98 Å². The first-order valence-corrected chi connectivity index (χ1v) is 22.8. The molecule has 1 aromatic heterocycles. The first kappa shape index (κ1) is 36.8. The molecule has 0 aliphatic carbocycles. The van der Waals surface area contributed by atoms with Crippen LogP contribution in [0.5, 0.6) is 0 Å². The third kappa shape index (κ3) is 5.57. The number of nitrogens with zero attached hydrogens (tertiary/aromatic N) is 1. The molecule has 0 atom stereocenters. The lowest BCUT2D eigenvalue weighted by Crippen LogP contribution is -1.94. The van der Waals surface area contributed by atoms with Gasteiger partial charge >= 0.3 is 0 Å². The summed E-state index contributed by atoms with van der Waals surface area (Å²) in [5.41, 5.74) is 10.9. The fourth-order valence-corrected chi connectivity index (χ4v) is 11.2. The molecule has 13 aromatic carbocycles. The third-order valence-corrected chi connectivity index (χ3v) is 14.2. The fourth-order valence-electron chi connectivity index (χ4n) is 11.2. The number of fused-ring (bicyclic) bond motifs is 12. The van der Waals surface area contributed by atoms with Gasteiger partial charge in [0.05, 0.1) is 5.52 Å². The van der Waals surface area contributed by atoms with E-state index < -0.39 is 0 Å². The average molecular weight is 834 g/mol. The van der Waals surface area contributed by atoms with Crippen LogP contribution in [0.2, 0.25) is 0 Å². The molecule has 1 heterocycles. The Bertz CT molecular complexity index is 4350. The molecule has 0 aliphatic heterocycles. The van der Waals surface area contributed by atoms with Crippen molar-refractivity contribution in [1.82, 2.24) is 4.98 Å². The van der Waals surface area contributed by atoms with Crippen LogP contribution >= 0.6 is 0 Å². The van der Waals surface area contributed by atoms with E-state index in [0.29, 0.717) is 0 Å². The SMILES string of the molecule is c1ccc2c(c1)cc(-c1c3ccccc3c(-c3cc4ccccc4c4ccccc34)c3cc(-c4ccc5cc(-c6cc7ccccc7c7ncccc67)ccc5c4)ccc13)c1ccccc12. The normalized spacial score (nSPS) is 11.9. The average Bonchev–Trinajstić information content (AvgIpc) is 3.39. The molecule has 0 spiro atoms. The van der Waals surface area contributed by atoms with Crippen molar-refractivity contribution < 1.29 is 0 Å². The molecule has 1 heteroatoms. The molecule has 0 radical (unpaired) electrons. The Balaban J connectivity index is 1.03. The molecule has 0 bridgehead atoms. The number of hydrogen-bond acceptors (Lipinski definition) is 1. The second-order valence-corrected chi connectivity index (χ2v) is 17.8. The minimum Gasteiger partial charge on any atom is -0.256 e. The van der Waals surface area contributed by atoms with Crippen molar-refractivity contribution in [2.24, 2.45) is 0 Å².